The van der Waals surface area contributed by atoms with E-state index in [-0.39, 0.29) is 12.3 Å². The second kappa shape index (κ2) is 10.9. The summed E-state index contributed by atoms with van der Waals surface area (Å²) >= 11 is 19.5. The van der Waals surface area contributed by atoms with Crippen LogP contribution in [-0.4, -0.2) is 38.7 Å². The van der Waals surface area contributed by atoms with Gasteiger partial charge < -0.3 is 10.1 Å². The van der Waals surface area contributed by atoms with Gasteiger partial charge in [0.25, 0.3) is 5.91 Å². The summed E-state index contributed by atoms with van der Waals surface area (Å²) in [5, 5.41) is 10.5. The van der Waals surface area contributed by atoms with E-state index in [1.165, 1.54) is 10.7 Å². The van der Waals surface area contributed by atoms with E-state index in [4.69, 9.17) is 16.3 Å². The highest BCUT2D eigenvalue weighted by Gasteiger charge is 2.21. The van der Waals surface area contributed by atoms with E-state index in [9.17, 15) is 9.59 Å². The number of ether oxygens (including phenoxy) is 1. The van der Waals surface area contributed by atoms with Crippen LogP contribution in [0.1, 0.15) is 10.5 Å². The zero-order valence-electron chi connectivity index (χ0n) is 15.3. The molecule has 3 rings (SSSR count). The van der Waals surface area contributed by atoms with Gasteiger partial charge in [0.1, 0.15) is 16.9 Å². The van der Waals surface area contributed by atoms with Crippen molar-refractivity contribution in [3.63, 3.8) is 0 Å². The van der Waals surface area contributed by atoms with Crippen LogP contribution in [0.2, 0.25) is 5.02 Å². The Kier molecular flexibility index (Phi) is 8.50. The topological polar surface area (TPSA) is 98.1 Å². The highest BCUT2D eigenvalue weighted by Crippen LogP contribution is 2.35. The second-order valence-electron chi connectivity index (χ2n) is 5.79. The molecule has 0 aliphatic rings. The molecule has 0 saturated carbocycles. The molecule has 31 heavy (non-hydrogen) atoms. The Morgan fingerprint density at radius 2 is 1.94 bits per heavy atom. The van der Waals surface area contributed by atoms with Crippen LogP contribution < -0.4 is 10.6 Å². The molecule has 0 spiro atoms. The van der Waals surface area contributed by atoms with Crippen LogP contribution in [0.25, 0.3) is 5.82 Å². The van der Waals surface area contributed by atoms with Crippen molar-refractivity contribution in [1.82, 2.24) is 14.8 Å². The Bertz CT molecular complexity index is 1140. The van der Waals surface area contributed by atoms with Crippen molar-refractivity contribution < 1.29 is 14.3 Å². The minimum atomic E-state index is -0.659. The lowest BCUT2D eigenvalue weighted by atomic mass is 10.2. The molecule has 0 bridgehead atoms. The number of rotatable bonds is 6. The van der Waals surface area contributed by atoms with Crippen molar-refractivity contribution in [2.75, 3.05) is 22.6 Å². The van der Waals surface area contributed by atoms with Gasteiger partial charge in [-0.05, 0) is 56.1 Å². The molecule has 162 valence electrons. The number of nitrogens with zero attached hydrogens (tertiary/aromatic N) is 3. The molecular formula is C18H12Br4ClN5O3. The van der Waals surface area contributed by atoms with Crippen molar-refractivity contribution in [2.45, 2.75) is 0 Å². The van der Waals surface area contributed by atoms with E-state index in [0.717, 1.165) is 0 Å². The number of amides is 2. The highest BCUT2D eigenvalue weighted by atomic mass is 79.9. The fourth-order valence-electron chi connectivity index (χ4n) is 2.46. The van der Waals surface area contributed by atoms with E-state index in [0.29, 0.717) is 41.1 Å². The van der Waals surface area contributed by atoms with Gasteiger partial charge in [-0.1, -0.05) is 43.5 Å². The fourth-order valence-corrected chi connectivity index (χ4v) is 4.53. The summed E-state index contributed by atoms with van der Waals surface area (Å²) in [4.78, 5) is 29.4. The standard InChI is InChI=1S/C18H12Br4ClN5O3/c19-3-5-31-18(30)25-12-7-9(20)6-10(21)15(12)26-17(29)13-8-14(22)27-28(13)16-11(23)2-1-4-24-16/h1-2,4,6-8H,3,5H2,(H,25,30)(H,26,29). The maximum absolute atomic E-state index is 13.1. The van der Waals surface area contributed by atoms with E-state index in [1.807, 2.05) is 0 Å². The summed E-state index contributed by atoms with van der Waals surface area (Å²) < 4.78 is 7.99. The minimum absolute atomic E-state index is 0.176. The van der Waals surface area contributed by atoms with Crippen molar-refractivity contribution >= 4 is 98.7 Å². The lowest BCUT2D eigenvalue weighted by Crippen LogP contribution is -2.20. The predicted molar refractivity (Wildman–Crippen MR) is 133 cm³/mol. The van der Waals surface area contributed by atoms with Gasteiger partial charge in [0, 0.05) is 26.5 Å². The maximum Gasteiger partial charge on any atom is 0.411 e. The van der Waals surface area contributed by atoms with Crippen LogP contribution in [0, 0.1) is 0 Å². The van der Waals surface area contributed by atoms with E-state index >= 15 is 0 Å². The number of nitrogens with one attached hydrogen (secondary N) is 2. The Hall–Kier alpha value is -1.47. The quantitative estimate of drug-likeness (QED) is 0.290. The van der Waals surface area contributed by atoms with E-state index in [2.05, 4.69) is 84.4 Å². The highest BCUT2D eigenvalue weighted by molar-refractivity contribution is 9.11. The minimum Gasteiger partial charge on any atom is -0.448 e. The van der Waals surface area contributed by atoms with Gasteiger partial charge in [0.05, 0.1) is 16.4 Å². The Morgan fingerprint density at radius 1 is 1.16 bits per heavy atom. The molecule has 0 atom stereocenters. The average Bonchev–Trinajstić information content (AvgIpc) is 3.10. The zero-order valence-corrected chi connectivity index (χ0v) is 22.4. The number of alkyl halides is 1. The zero-order chi connectivity index (χ0) is 22.5. The smallest absolute Gasteiger partial charge is 0.411 e. The Balaban J connectivity index is 1.94. The SMILES string of the molecule is O=C(Nc1cc(Br)cc(Br)c1NC(=O)c1cc(Br)nn1-c1ncccc1Cl)OCCBr. The number of carbonyl (C=O) groups excluding carboxylic acids is 2. The molecule has 0 aliphatic carbocycles. The van der Waals surface area contributed by atoms with Gasteiger partial charge in [-0.15, -0.1) is 0 Å². The van der Waals surface area contributed by atoms with Crippen LogP contribution >= 0.6 is 75.3 Å². The maximum atomic E-state index is 13.1. The molecule has 13 heteroatoms. The number of carbonyl (C=O) groups is 2. The third-order valence-electron chi connectivity index (χ3n) is 3.69. The molecule has 0 aliphatic heterocycles. The fraction of sp³-hybridized carbons (Fsp3) is 0.111. The first kappa shape index (κ1) is 24.2. The first-order valence-electron chi connectivity index (χ1n) is 8.46. The average molecular weight is 701 g/mol. The van der Waals surface area contributed by atoms with Crippen molar-refractivity contribution in [3.05, 3.63) is 60.8 Å². The molecule has 0 fully saturated rings. The van der Waals surface area contributed by atoms with Crippen LogP contribution in [0.4, 0.5) is 16.2 Å². The first-order chi connectivity index (χ1) is 14.8. The number of anilines is 2. The molecule has 2 heterocycles. The Morgan fingerprint density at radius 3 is 2.65 bits per heavy atom. The predicted octanol–water partition coefficient (Wildman–Crippen LogP) is 6.40. The normalized spacial score (nSPS) is 10.6. The molecule has 0 saturated heterocycles. The summed E-state index contributed by atoms with van der Waals surface area (Å²) in [6.07, 6.45) is 0.887. The number of hydrogen-bond acceptors (Lipinski definition) is 5. The lowest BCUT2D eigenvalue weighted by molar-refractivity contribution is 0.101. The van der Waals surface area contributed by atoms with Gasteiger partial charge in [-0.25, -0.2) is 14.5 Å². The van der Waals surface area contributed by atoms with Gasteiger partial charge in [-0.3, -0.25) is 10.1 Å². The molecule has 0 unspecified atom stereocenters. The molecular weight excluding hydrogens is 689 g/mol. The third kappa shape index (κ3) is 6.07. The molecule has 0 radical (unpaired) electrons. The molecule has 2 N–H and O–H groups in total. The summed E-state index contributed by atoms with van der Waals surface area (Å²) in [5.74, 6) is -0.202. The van der Waals surface area contributed by atoms with Crippen molar-refractivity contribution in [2.24, 2.45) is 0 Å². The van der Waals surface area contributed by atoms with Crippen LogP contribution in [0.15, 0.2) is 50.1 Å². The molecule has 3 aromatic rings. The van der Waals surface area contributed by atoms with E-state index in [1.54, 1.807) is 30.5 Å². The number of pyridine rings is 1. The number of hydrogen-bond donors (Lipinski definition) is 2. The summed E-state index contributed by atoms with van der Waals surface area (Å²) in [5.41, 5.74) is 0.838. The number of halogens is 5. The summed E-state index contributed by atoms with van der Waals surface area (Å²) in [6.45, 7) is 0.195. The van der Waals surface area contributed by atoms with Crippen LogP contribution in [0.3, 0.4) is 0 Å². The van der Waals surface area contributed by atoms with Gasteiger partial charge >= 0.3 is 6.09 Å². The van der Waals surface area contributed by atoms with Crippen molar-refractivity contribution in [1.29, 1.82) is 0 Å². The van der Waals surface area contributed by atoms with Gasteiger partial charge in [0.2, 0.25) is 0 Å². The van der Waals surface area contributed by atoms with Gasteiger partial charge in [-0.2, -0.15) is 5.10 Å². The van der Waals surface area contributed by atoms with Crippen LogP contribution in [-0.2, 0) is 4.74 Å². The lowest BCUT2D eigenvalue weighted by Gasteiger charge is -2.15. The monoisotopic (exact) mass is 697 g/mol. The number of benzene rings is 1. The van der Waals surface area contributed by atoms with Gasteiger partial charge in [0.15, 0.2) is 5.82 Å². The van der Waals surface area contributed by atoms with Crippen molar-refractivity contribution in [3.8, 4) is 5.82 Å². The van der Waals surface area contributed by atoms with Crippen LogP contribution in [0.5, 0.6) is 0 Å². The Labute approximate surface area is 215 Å². The summed E-state index contributed by atoms with van der Waals surface area (Å²) in [6, 6.07) is 8.22. The van der Waals surface area contributed by atoms with E-state index < -0.39 is 12.0 Å². The second-order valence-corrected chi connectivity index (χ2v) is 9.57. The summed E-state index contributed by atoms with van der Waals surface area (Å²) in [7, 11) is 0. The molecule has 2 aromatic heterocycles. The first-order valence-corrected chi connectivity index (χ1v) is 12.3. The molecule has 8 nitrogen and oxygen atoms in total. The molecule has 1 aromatic carbocycles. The third-order valence-corrected chi connectivity index (χ3v) is 5.78. The number of aromatic nitrogens is 3. The largest absolute Gasteiger partial charge is 0.448 e. The molecule has 2 amide bonds.